The van der Waals surface area contributed by atoms with Crippen LogP contribution >= 0.6 is 0 Å². The van der Waals surface area contributed by atoms with E-state index in [1.807, 2.05) is 41.8 Å². The minimum atomic E-state index is 0.0496. The van der Waals surface area contributed by atoms with Crippen LogP contribution in [0.25, 0.3) is 11.3 Å². The number of benzene rings is 2. The Morgan fingerprint density at radius 2 is 1.68 bits per heavy atom. The van der Waals surface area contributed by atoms with E-state index in [9.17, 15) is 9.90 Å². The van der Waals surface area contributed by atoms with Crippen LogP contribution in [0.1, 0.15) is 48.7 Å². The van der Waals surface area contributed by atoms with Gasteiger partial charge < -0.3 is 5.11 Å². The fourth-order valence-corrected chi connectivity index (χ4v) is 4.31. The third-order valence-electron chi connectivity index (χ3n) is 5.74. The number of hydrogen-bond acceptors (Lipinski definition) is 3. The molecule has 0 saturated heterocycles. The zero-order chi connectivity index (χ0) is 19.5. The fourth-order valence-electron chi connectivity index (χ4n) is 4.31. The van der Waals surface area contributed by atoms with Gasteiger partial charge in [-0.2, -0.15) is 0 Å². The first kappa shape index (κ1) is 18.5. The van der Waals surface area contributed by atoms with Gasteiger partial charge in [-0.15, -0.1) is 0 Å². The molecule has 0 aliphatic heterocycles. The highest BCUT2D eigenvalue weighted by molar-refractivity contribution is 5.69. The molecule has 1 saturated carbocycles. The minimum absolute atomic E-state index is 0.0496. The predicted molar refractivity (Wildman–Crippen MR) is 112 cm³/mol. The number of phenolic OH excluding ortho intramolecular Hbond substituents is 1. The fraction of sp³-hybridized carbons (Fsp3) is 0.333. The number of nitrogens with zero attached hydrogens (tertiary/aromatic N) is 2. The first-order valence-electron chi connectivity index (χ1n) is 10.1. The van der Waals surface area contributed by atoms with E-state index in [1.54, 1.807) is 12.1 Å². The summed E-state index contributed by atoms with van der Waals surface area (Å²) in [5.41, 5.74) is 3.18. The Bertz CT molecular complexity index is 1020. The summed E-state index contributed by atoms with van der Waals surface area (Å²) in [5, 5.41) is 10.4. The molecule has 1 aliphatic carbocycles. The molecule has 0 radical (unpaired) electrons. The second-order valence-corrected chi connectivity index (χ2v) is 7.60. The van der Waals surface area contributed by atoms with E-state index in [0.29, 0.717) is 23.2 Å². The second kappa shape index (κ2) is 8.01. The average molecular weight is 374 g/mol. The molecule has 28 heavy (non-hydrogen) atoms. The molecule has 0 bridgehead atoms. The predicted octanol–water partition coefficient (Wildman–Crippen LogP) is 4.82. The molecule has 1 aliphatic rings. The first-order valence-corrected chi connectivity index (χ1v) is 10.1. The number of hydrogen-bond donors (Lipinski definition) is 1. The van der Waals surface area contributed by atoms with E-state index in [4.69, 9.17) is 4.98 Å². The van der Waals surface area contributed by atoms with E-state index in [-0.39, 0.29) is 17.4 Å². The van der Waals surface area contributed by atoms with Gasteiger partial charge in [0.15, 0.2) is 0 Å². The molecule has 0 amide bonds. The standard InChI is InChI=1S/C24H26N2O2/c1-17-25-23(20-13-7-8-14-22(20)27)21(16-15-18-9-3-2-4-10-18)24(28)26(17)19-11-5-6-12-19/h2-4,7-10,13-14,19,27H,5-6,11-12,15-16H2,1H3. The summed E-state index contributed by atoms with van der Waals surface area (Å²) in [6.07, 6.45) is 5.78. The number of para-hydroxylation sites is 1. The molecule has 2 aromatic carbocycles. The maximum atomic E-state index is 13.5. The lowest BCUT2D eigenvalue weighted by molar-refractivity contribution is 0.473. The highest BCUT2D eigenvalue weighted by Gasteiger charge is 2.24. The van der Waals surface area contributed by atoms with Crippen LogP contribution in [0.5, 0.6) is 5.75 Å². The van der Waals surface area contributed by atoms with Gasteiger partial charge in [0.25, 0.3) is 5.56 Å². The van der Waals surface area contributed by atoms with Crippen molar-refractivity contribution >= 4 is 0 Å². The first-order chi connectivity index (χ1) is 13.6. The van der Waals surface area contributed by atoms with Gasteiger partial charge >= 0.3 is 0 Å². The Kier molecular flexibility index (Phi) is 5.29. The van der Waals surface area contributed by atoms with Crippen LogP contribution in [0.4, 0.5) is 0 Å². The minimum Gasteiger partial charge on any atom is -0.507 e. The maximum Gasteiger partial charge on any atom is 0.257 e. The van der Waals surface area contributed by atoms with Crippen molar-refractivity contribution in [1.29, 1.82) is 0 Å². The van der Waals surface area contributed by atoms with E-state index in [1.165, 1.54) is 5.56 Å². The van der Waals surface area contributed by atoms with Crippen LogP contribution in [0, 0.1) is 6.92 Å². The third-order valence-corrected chi connectivity index (χ3v) is 5.74. The summed E-state index contributed by atoms with van der Waals surface area (Å²) < 4.78 is 1.90. The lowest BCUT2D eigenvalue weighted by Crippen LogP contribution is -2.31. The molecule has 4 rings (SSSR count). The molecule has 0 atom stereocenters. The van der Waals surface area contributed by atoms with E-state index >= 15 is 0 Å². The van der Waals surface area contributed by atoms with Crippen LogP contribution in [0.15, 0.2) is 59.4 Å². The molecule has 4 heteroatoms. The van der Waals surface area contributed by atoms with E-state index in [0.717, 1.165) is 37.9 Å². The molecule has 0 unspecified atom stereocenters. The zero-order valence-electron chi connectivity index (χ0n) is 16.3. The van der Waals surface area contributed by atoms with Crippen molar-refractivity contribution in [3.63, 3.8) is 0 Å². The van der Waals surface area contributed by atoms with Gasteiger partial charge in [0.2, 0.25) is 0 Å². The Hall–Kier alpha value is -2.88. The molecule has 1 N–H and O–H groups in total. The smallest absolute Gasteiger partial charge is 0.257 e. The molecule has 0 spiro atoms. The largest absolute Gasteiger partial charge is 0.507 e. The zero-order valence-corrected chi connectivity index (χ0v) is 16.3. The Balaban J connectivity index is 1.82. The maximum absolute atomic E-state index is 13.5. The molecule has 144 valence electrons. The van der Waals surface area contributed by atoms with E-state index in [2.05, 4.69) is 12.1 Å². The van der Waals surface area contributed by atoms with Crippen molar-refractivity contribution < 1.29 is 5.11 Å². The Morgan fingerprint density at radius 3 is 2.39 bits per heavy atom. The van der Waals surface area contributed by atoms with Crippen molar-refractivity contribution in [2.75, 3.05) is 0 Å². The van der Waals surface area contributed by atoms with Gasteiger partial charge in [-0.1, -0.05) is 55.3 Å². The van der Waals surface area contributed by atoms with Crippen molar-refractivity contribution in [3.8, 4) is 17.0 Å². The van der Waals surface area contributed by atoms with Crippen LogP contribution in [0.2, 0.25) is 0 Å². The molecule has 3 aromatic rings. The van der Waals surface area contributed by atoms with Gasteiger partial charge in [0.05, 0.1) is 5.69 Å². The van der Waals surface area contributed by atoms with Crippen molar-refractivity contribution in [1.82, 2.24) is 9.55 Å². The SMILES string of the molecule is Cc1nc(-c2ccccc2O)c(CCc2ccccc2)c(=O)n1C1CCCC1. The van der Waals surface area contributed by atoms with Crippen molar-refractivity contribution in [2.45, 2.75) is 51.5 Å². The monoisotopic (exact) mass is 374 g/mol. The highest BCUT2D eigenvalue weighted by Crippen LogP contribution is 2.32. The van der Waals surface area contributed by atoms with E-state index < -0.39 is 0 Å². The van der Waals surface area contributed by atoms with Gasteiger partial charge in [-0.3, -0.25) is 9.36 Å². The van der Waals surface area contributed by atoms with Gasteiger partial charge in [-0.05, 0) is 50.3 Å². The summed E-state index contributed by atoms with van der Waals surface area (Å²) in [4.78, 5) is 18.4. The lowest BCUT2D eigenvalue weighted by Gasteiger charge is -2.20. The van der Waals surface area contributed by atoms with Crippen molar-refractivity contribution in [3.05, 3.63) is 81.9 Å². The second-order valence-electron chi connectivity index (χ2n) is 7.60. The topological polar surface area (TPSA) is 55.1 Å². The summed E-state index contributed by atoms with van der Waals surface area (Å²) in [6.45, 7) is 1.91. The molecular weight excluding hydrogens is 348 g/mol. The molecule has 4 nitrogen and oxygen atoms in total. The number of rotatable bonds is 5. The summed E-state index contributed by atoms with van der Waals surface area (Å²) in [6, 6.07) is 17.6. The molecule has 1 fully saturated rings. The summed E-state index contributed by atoms with van der Waals surface area (Å²) in [5.74, 6) is 0.895. The average Bonchev–Trinajstić information content (AvgIpc) is 3.22. The number of aromatic hydroxyl groups is 1. The van der Waals surface area contributed by atoms with Crippen LogP contribution in [0.3, 0.4) is 0 Å². The van der Waals surface area contributed by atoms with Gasteiger partial charge in [-0.25, -0.2) is 4.98 Å². The Labute approximate surface area is 165 Å². The number of phenols is 1. The quantitative estimate of drug-likeness (QED) is 0.696. The van der Waals surface area contributed by atoms with Crippen LogP contribution < -0.4 is 5.56 Å². The highest BCUT2D eigenvalue weighted by atomic mass is 16.3. The summed E-state index contributed by atoms with van der Waals surface area (Å²) in [7, 11) is 0. The Morgan fingerprint density at radius 1 is 1.00 bits per heavy atom. The molecule has 1 aromatic heterocycles. The van der Waals surface area contributed by atoms with Crippen LogP contribution in [-0.4, -0.2) is 14.7 Å². The summed E-state index contributed by atoms with van der Waals surface area (Å²) >= 11 is 0. The van der Waals surface area contributed by atoms with Gasteiger partial charge in [0.1, 0.15) is 11.6 Å². The molecule has 1 heterocycles. The third kappa shape index (κ3) is 3.59. The lowest BCUT2D eigenvalue weighted by atomic mass is 9.99. The van der Waals surface area contributed by atoms with Crippen LogP contribution in [-0.2, 0) is 12.8 Å². The van der Waals surface area contributed by atoms with Crippen molar-refractivity contribution in [2.24, 2.45) is 0 Å². The number of aryl methyl sites for hydroxylation is 2. The van der Waals surface area contributed by atoms with Gasteiger partial charge in [0, 0.05) is 17.2 Å². The molecular formula is C24H26N2O2. The number of aromatic nitrogens is 2. The normalized spacial score (nSPS) is 14.5.